The van der Waals surface area contributed by atoms with E-state index in [1.807, 2.05) is 60.7 Å². The first kappa shape index (κ1) is 24.5. The SMILES string of the molecule is c1ccc(-c2nc(-c3ccc(-n4c5ccccc5c5ccccc54)cc3)nc(-c3cccc4oc5ncccc5c34)n2)cc1. The summed E-state index contributed by atoms with van der Waals surface area (Å²) in [4.78, 5) is 19.4. The van der Waals surface area contributed by atoms with Gasteiger partial charge in [0.05, 0.1) is 11.0 Å². The summed E-state index contributed by atoms with van der Waals surface area (Å²) in [6.07, 6.45) is 1.74. The van der Waals surface area contributed by atoms with Gasteiger partial charge in [-0.25, -0.2) is 19.9 Å². The van der Waals surface area contributed by atoms with E-state index in [0.717, 1.165) is 38.7 Å². The number of para-hydroxylation sites is 2. The number of benzene rings is 5. The van der Waals surface area contributed by atoms with Gasteiger partial charge in [-0.15, -0.1) is 0 Å². The molecular weight excluding hydrogens is 542 g/mol. The lowest BCUT2D eigenvalue weighted by Gasteiger charge is -2.11. The molecular formula is C38H23N5O. The van der Waals surface area contributed by atoms with Crippen LogP contribution in [-0.4, -0.2) is 24.5 Å². The van der Waals surface area contributed by atoms with Crippen molar-refractivity contribution in [2.75, 3.05) is 0 Å². The average Bonchev–Trinajstić information content (AvgIpc) is 3.65. The number of fused-ring (bicyclic) bond motifs is 6. The Morgan fingerprint density at radius 2 is 1.09 bits per heavy atom. The first-order chi connectivity index (χ1) is 21.8. The van der Waals surface area contributed by atoms with Crippen LogP contribution in [0.5, 0.6) is 0 Å². The van der Waals surface area contributed by atoms with Crippen molar-refractivity contribution in [3.05, 3.63) is 140 Å². The average molecular weight is 566 g/mol. The fourth-order valence-corrected chi connectivity index (χ4v) is 6.15. The molecule has 4 heterocycles. The van der Waals surface area contributed by atoms with E-state index in [2.05, 4.69) is 82.3 Å². The predicted molar refractivity (Wildman–Crippen MR) is 176 cm³/mol. The van der Waals surface area contributed by atoms with E-state index in [1.165, 1.54) is 21.8 Å². The molecule has 0 N–H and O–H groups in total. The molecule has 44 heavy (non-hydrogen) atoms. The maximum absolute atomic E-state index is 6.07. The Morgan fingerprint density at radius 1 is 0.477 bits per heavy atom. The summed E-state index contributed by atoms with van der Waals surface area (Å²) in [5.41, 5.74) is 7.45. The highest BCUT2D eigenvalue weighted by atomic mass is 16.3. The molecule has 6 nitrogen and oxygen atoms in total. The van der Waals surface area contributed by atoms with Crippen molar-refractivity contribution in [3.8, 4) is 39.9 Å². The Bertz CT molecular complexity index is 2440. The van der Waals surface area contributed by atoms with Gasteiger partial charge in [0.25, 0.3) is 0 Å². The van der Waals surface area contributed by atoms with Gasteiger partial charge in [0.2, 0.25) is 5.71 Å². The van der Waals surface area contributed by atoms with Crippen molar-refractivity contribution in [2.45, 2.75) is 0 Å². The molecule has 9 rings (SSSR count). The Kier molecular flexibility index (Phi) is 5.40. The Hall–Kier alpha value is -6.14. The molecule has 0 unspecified atom stereocenters. The summed E-state index contributed by atoms with van der Waals surface area (Å²) < 4.78 is 8.38. The second-order valence-electron chi connectivity index (χ2n) is 10.7. The molecule has 5 aromatic carbocycles. The summed E-state index contributed by atoms with van der Waals surface area (Å²) >= 11 is 0. The van der Waals surface area contributed by atoms with Crippen LogP contribution in [-0.2, 0) is 0 Å². The molecule has 0 fully saturated rings. The third-order valence-electron chi connectivity index (χ3n) is 8.15. The molecule has 0 saturated heterocycles. The molecule has 0 radical (unpaired) electrons. The van der Waals surface area contributed by atoms with Crippen molar-refractivity contribution < 1.29 is 4.42 Å². The van der Waals surface area contributed by atoms with Gasteiger partial charge in [-0.05, 0) is 54.6 Å². The lowest BCUT2D eigenvalue weighted by Crippen LogP contribution is -2.01. The number of nitrogens with zero attached hydrogens (tertiary/aromatic N) is 5. The zero-order valence-corrected chi connectivity index (χ0v) is 23.4. The largest absolute Gasteiger partial charge is 0.438 e. The van der Waals surface area contributed by atoms with Gasteiger partial charge in [0.15, 0.2) is 17.5 Å². The Labute approximate surface area is 251 Å². The fraction of sp³-hybridized carbons (Fsp3) is 0. The summed E-state index contributed by atoms with van der Waals surface area (Å²) in [7, 11) is 0. The lowest BCUT2D eigenvalue weighted by atomic mass is 10.1. The smallest absolute Gasteiger partial charge is 0.227 e. The molecule has 9 aromatic rings. The van der Waals surface area contributed by atoms with Crippen LogP contribution < -0.4 is 0 Å². The van der Waals surface area contributed by atoms with E-state index in [9.17, 15) is 0 Å². The molecule has 0 amide bonds. The molecule has 4 aromatic heterocycles. The van der Waals surface area contributed by atoms with Crippen LogP contribution in [0.15, 0.2) is 144 Å². The van der Waals surface area contributed by atoms with Crippen LogP contribution in [0.4, 0.5) is 0 Å². The maximum Gasteiger partial charge on any atom is 0.227 e. The third kappa shape index (κ3) is 3.82. The minimum absolute atomic E-state index is 0.581. The van der Waals surface area contributed by atoms with Crippen LogP contribution in [0.1, 0.15) is 0 Å². The van der Waals surface area contributed by atoms with E-state index < -0.39 is 0 Å². The minimum Gasteiger partial charge on any atom is -0.438 e. The van der Waals surface area contributed by atoms with E-state index in [1.54, 1.807) is 6.20 Å². The highest BCUT2D eigenvalue weighted by Crippen LogP contribution is 2.36. The summed E-state index contributed by atoms with van der Waals surface area (Å²) in [5.74, 6) is 1.79. The molecule has 0 atom stereocenters. The molecule has 0 aliphatic rings. The van der Waals surface area contributed by atoms with Crippen molar-refractivity contribution in [3.63, 3.8) is 0 Å². The van der Waals surface area contributed by atoms with Crippen LogP contribution in [0, 0.1) is 0 Å². The van der Waals surface area contributed by atoms with Crippen molar-refractivity contribution in [1.29, 1.82) is 0 Å². The van der Waals surface area contributed by atoms with E-state index in [0.29, 0.717) is 23.2 Å². The standard InChI is InChI=1S/C38H23N5O/c1-2-10-24(11-3-1)35-40-36(42-37(41-35)29-14-8-18-33-34(29)30-15-9-23-39-38(30)44-33)25-19-21-26(22-20-25)43-31-16-6-4-12-27(31)28-13-5-7-17-32(28)43/h1-23H. The Balaban J connectivity index is 1.23. The first-order valence-electron chi connectivity index (χ1n) is 14.5. The lowest BCUT2D eigenvalue weighted by molar-refractivity contribution is 0.654. The van der Waals surface area contributed by atoms with Crippen LogP contribution in [0.25, 0.3) is 83.7 Å². The molecule has 6 heteroatoms. The number of furan rings is 1. The normalized spacial score (nSPS) is 11.6. The van der Waals surface area contributed by atoms with E-state index in [4.69, 9.17) is 19.4 Å². The molecule has 0 aliphatic carbocycles. The van der Waals surface area contributed by atoms with E-state index >= 15 is 0 Å². The highest BCUT2D eigenvalue weighted by molar-refractivity contribution is 6.11. The number of aromatic nitrogens is 5. The second kappa shape index (κ2) is 9.71. The molecule has 0 spiro atoms. The van der Waals surface area contributed by atoms with Crippen LogP contribution in [0.3, 0.4) is 0 Å². The predicted octanol–water partition coefficient (Wildman–Crippen LogP) is 9.26. The molecule has 0 bridgehead atoms. The number of hydrogen-bond acceptors (Lipinski definition) is 5. The van der Waals surface area contributed by atoms with Crippen molar-refractivity contribution in [2.24, 2.45) is 0 Å². The number of rotatable bonds is 4. The maximum atomic E-state index is 6.07. The molecule has 0 aliphatic heterocycles. The van der Waals surface area contributed by atoms with Gasteiger partial charge < -0.3 is 8.98 Å². The highest BCUT2D eigenvalue weighted by Gasteiger charge is 2.18. The third-order valence-corrected chi connectivity index (χ3v) is 8.15. The second-order valence-corrected chi connectivity index (χ2v) is 10.7. The van der Waals surface area contributed by atoms with Crippen molar-refractivity contribution in [1.82, 2.24) is 24.5 Å². The van der Waals surface area contributed by atoms with Crippen molar-refractivity contribution >= 4 is 43.9 Å². The monoisotopic (exact) mass is 565 g/mol. The molecule has 206 valence electrons. The van der Waals surface area contributed by atoms with Gasteiger partial charge in [0.1, 0.15) is 5.58 Å². The fourth-order valence-electron chi connectivity index (χ4n) is 6.15. The summed E-state index contributed by atoms with van der Waals surface area (Å²) in [5, 5.41) is 4.33. The summed E-state index contributed by atoms with van der Waals surface area (Å²) in [6, 6.07) is 45.4. The molecule has 0 saturated carbocycles. The van der Waals surface area contributed by atoms with Gasteiger partial charge in [0, 0.05) is 50.1 Å². The van der Waals surface area contributed by atoms with Gasteiger partial charge in [-0.2, -0.15) is 0 Å². The Morgan fingerprint density at radius 3 is 1.82 bits per heavy atom. The summed E-state index contributed by atoms with van der Waals surface area (Å²) in [6.45, 7) is 0. The van der Waals surface area contributed by atoms with Gasteiger partial charge in [-0.1, -0.05) is 78.9 Å². The zero-order valence-electron chi connectivity index (χ0n) is 23.4. The minimum atomic E-state index is 0.581. The topological polar surface area (TPSA) is 69.6 Å². The van der Waals surface area contributed by atoms with Crippen LogP contribution >= 0.6 is 0 Å². The number of hydrogen-bond donors (Lipinski definition) is 0. The quantitative estimate of drug-likeness (QED) is 0.213. The van der Waals surface area contributed by atoms with Crippen LogP contribution in [0.2, 0.25) is 0 Å². The number of pyridine rings is 1. The zero-order chi connectivity index (χ0) is 29.0. The first-order valence-corrected chi connectivity index (χ1v) is 14.5. The van der Waals surface area contributed by atoms with E-state index in [-0.39, 0.29) is 0 Å². The van der Waals surface area contributed by atoms with Gasteiger partial charge in [-0.3, -0.25) is 0 Å². The van der Waals surface area contributed by atoms with Gasteiger partial charge >= 0.3 is 0 Å².